The standard InChI is InChI=1S/C13H23N3O2/c1-13(17)16(7-3-2-5-14)8-4-6-15-9-11-18-12-10-15/h2-4,6-12H2,1H3. The van der Waals surface area contributed by atoms with Crippen LogP contribution in [0.4, 0.5) is 0 Å². The van der Waals surface area contributed by atoms with Crippen molar-refractivity contribution in [1.29, 1.82) is 5.26 Å². The van der Waals surface area contributed by atoms with Crippen LogP contribution in [0.15, 0.2) is 0 Å². The molecule has 5 nitrogen and oxygen atoms in total. The third-order valence-electron chi connectivity index (χ3n) is 3.17. The van der Waals surface area contributed by atoms with Gasteiger partial charge in [0.25, 0.3) is 0 Å². The number of amides is 1. The Balaban J connectivity index is 2.16. The van der Waals surface area contributed by atoms with E-state index in [-0.39, 0.29) is 5.91 Å². The molecule has 0 atom stereocenters. The molecule has 5 heteroatoms. The van der Waals surface area contributed by atoms with E-state index in [1.54, 1.807) is 6.92 Å². The predicted octanol–water partition coefficient (Wildman–Crippen LogP) is 0.861. The number of hydrogen-bond acceptors (Lipinski definition) is 4. The lowest BCUT2D eigenvalue weighted by Gasteiger charge is -2.28. The lowest BCUT2D eigenvalue weighted by Crippen LogP contribution is -2.39. The molecule has 0 aliphatic carbocycles. The topological polar surface area (TPSA) is 56.6 Å². The minimum atomic E-state index is 0.106. The van der Waals surface area contributed by atoms with Crippen LogP contribution in [-0.4, -0.2) is 61.6 Å². The van der Waals surface area contributed by atoms with E-state index < -0.39 is 0 Å². The molecule has 0 saturated carbocycles. The van der Waals surface area contributed by atoms with Crippen molar-refractivity contribution in [3.63, 3.8) is 0 Å². The zero-order chi connectivity index (χ0) is 13.2. The van der Waals surface area contributed by atoms with E-state index in [2.05, 4.69) is 11.0 Å². The summed E-state index contributed by atoms with van der Waals surface area (Å²) in [5, 5.41) is 8.49. The highest BCUT2D eigenvalue weighted by Gasteiger charge is 2.12. The van der Waals surface area contributed by atoms with E-state index in [1.807, 2.05) is 4.90 Å². The number of carbonyl (C=O) groups excluding carboxylic acids is 1. The summed E-state index contributed by atoms with van der Waals surface area (Å²) in [4.78, 5) is 15.6. The average Bonchev–Trinajstić information content (AvgIpc) is 2.38. The zero-order valence-corrected chi connectivity index (χ0v) is 11.2. The first kappa shape index (κ1) is 14.9. The molecule has 1 amide bonds. The van der Waals surface area contributed by atoms with Gasteiger partial charge in [-0.2, -0.15) is 5.26 Å². The minimum Gasteiger partial charge on any atom is -0.379 e. The Bertz CT molecular complexity index is 282. The number of hydrogen-bond donors (Lipinski definition) is 0. The second-order valence-electron chi connectivity index (χ2n) is 4.58. The fourth-order valence-electron chi connectivity index (χ4n) is 2.09. The van der Waals surface area contributed by atoms with Crippen LogP contribution in [0.5, 0.6) is 0 Å². The average molecular weight is 253 g/mol. The monoisotopic (exact) mass is 253 g/mol. The van der Waals surface area contributed by atoms with Crippen molar-refractivity contribution in [3.8, 4) is 6.07 Å². The maximum atomic E-state index is 11.4. The molecular formula is C13H23N3O2. The number of nitrogens with zero attached hydrogens (tertiary/aromatic N) is 3. The van der Waals surface area contributed by atoms with Gasteiger partial charge in [0.1, 0.15) is 0 Å². The van der Waals surface area contributed by atoms with E-state index >= 15 is 0 Å². The first-order valence-electron chi connectivity index (χ1n) is 6.66. The molecule has 0 unspecified atom stereocenters. The van der Waals surface area contributed by atoms with Crippen LogP contribution >= 0.6 is 0 Å². The zero-order valence-electron chi connectivity index (χ0n) is 11.2. The number of morpholine rings is 1. The highest BCUT2D eigenvalue weighted by Crippen LogP contribution is 2.01. The van der Waals surface area contributed by atoms with Crippen molar-refractivity contribution in [3.05, 3.63) is 0 Å². The Morgan fingerprint density at radius 3 is 2.61 bits per heavy atom. The summed E-state index contributed by atoms with van der Waals surface area (Å²) in [6.45, 7) is 7.73. The fraction of sp³-hybridized carbons (Fsp3) is 0.846. The molecule has 1 heterocycles. The number of rotatable bonds is 7. The predicted molar refractivity (Wildman–Crippen MR) is 69.0 cm³/mol. The first-order chi connectivity index (χ1) is 8.74. The van der Waals surface area contributed by atoms with Gasteiger partial charge in [-0.3, -0.25) is 9.69 Å². The summed E-state index contributed by atoms with van der Waals surface area (Å²) in [6.07, 6.45) is 2.28. The van der Waals surface area contributed by atoms with Gasteiger partial charge in [-0.1, -0.05) is 0 Å². The van der Waals surface area contributed by atoms with E-state index in [0.717, 1.165) is 52.2 Å². The van der Waals surface area contributed by atoms with Gasteiger partial charge in [0.2, 0.25) is 5.91 Å². The van der Waals surface area contributed by atoms with Crippen LogP contribution in [0.2, 0.25) is 0 Å². The quantitative estimate of drug-likeness (QED) is 0.631. The van der Waals surface area contributed by atoms with Crippen LogP contribution in [0.1, 0.15) is 26.2 Å². The molecule has 102 valence electrons. The number of nitriles is 1. The minimum absolute atomic E-state index is 0.106. The van der Waals surface area contributed by atoms with E-state index in [4.69, 9.17) is 10.00 Å². The van der Waals surface area contributed by atoms with E-state index in [0.29, 0.717) is 13.0 Å². The molecule has 0 aromatic rings. The molecule has 0 spiro atoms. The molecule has 0 N–H and O–H groups in total. The van der Waals surface area contributed by atoms with Gasteiger partial charge in [0.05, 0.1) is 19.3 Å². The summed E-state index contributed by atoms with van der Waals surface area (Å²) in [5.74, 6) is 0.106. The molecule has 0 aromatic heterocycles. The maximum Gasteiger partial charge on any atom is 0.219 e. The van der Waals surface area contributed by atoms with Crippen molar-refractivity contribution < 1.29 is 9.53 Å². The van der Waals surface area contributed by atoms with Crippen LogP contribution < -0.4 is 0 Å². The van der Waals surface area contributed by atoms with Crippen LogP contribution in [-0.2, 0) is 9.53 Å². The van der Waals surface area contributed by atoms with Crippen LogP contribution in [0.3, 0.4) is 0 Å². The Kier molecular flexibility index (Phi) is 7.38. The molecule has 1 aliphatic heterocycles. The Hall–Kier alpha value is -1.12. The molecule has 0 bridgehead atoms. The van der Waals surface area contributed by atoms with Crippen LogP contribution in [0.25, 0.3) is 0 Å². The van der Waals surface area contributed by atoms with Crippen molar-refractivity contribution >= 4 is 5.91 Å². The second kappa shape index (κ2) is 8.90. The molecule has 1 saturated heterocycles. The second-order valence-corrected chi connectivity index (χ2v) is 4.58. The van der Waals surface area contributed by atoms with Gasteiger partial charge in [-0.25, -0.2) is 0 Å². The molecule has 1 aliphatic rings. The van der Waals surface area contributed by atoms with Crippen molar-refractivity contribution in [2.45, 2.75) is 26.2 Å². The summed E-state index contributed by atoms with van der Waals surface area (Å²) in [6, 6.07) is 2.11. The number of ether oxygens (including phenoxy) is 1. The summed E-state index contributed by atoms with van der Waals surface area (Å²) in [7, 11) is 0. The lowest BCUT2D eigenvalue weighted by molar-refractivity contribution is -0.129. The molecule has 0 radical (unpaired) electrons. The van der Waals surface area contributed by atoms with Gasteiger partial charge < -0.3 is 9.64 Å². The van der Waals surface area contributed by atoms with Crippen molar-refractivity contribution in [2.75, 3.05) is 45.9 Å². The van der Waals surface area contributed by atoms with Crippen molar-refractivity contribution in [1.82, 2.24) is 9.80 Å². The molecule has 18 heavy (non-hydrogen) atoms. The molecular weight excluding hydrogens is 230 g/mol. The summed E-state index contributed by atoms with van der Waals surface area (Å²) in [5.41, 5.74) is 0. The molecule has 1 fully saturated rings. The Morgan fingerprint density at radius 2 is 2.00 bits per heavy atom. The third-order valence-corrected chi connectivity index (χ3v) is 3.17. The SMILES string of the molecule is CC(=O)N(CCCC#N)CCCN1CCOCC1. The molecule has 0 aromatic carbocycles. The normalized spacial score (nSPS) is 16.2. The largest absolute Gasteiger partial charge is 0.379 e. The third kappa shape index (κ3) is 5.99. The van der Waals surface area contributed by atoms with Gasteiger partial charge >= 0.3 is 0 Å². The lowest BCUT2D eigenvalue weighted by atomic mass is 10.2. The van der Waals surface area contributed by atoms with E-state index in [1.165, 1.54) is 0 Å². The smallest absolute Gasteiger partial charge is 0.219 e. The highest BCUT2D eigenvalue weighted by atomic mass is 16.5. The molecule has 1 rings (SSSR count). The van der Waals surface area contributed by atoms with E-state index in [9.17, 15) is 4.79 Å². The van der Waals surface area contributed by atoms with Gasteiger partial charge in [-0.05, 0) is 12.8 Å². The van der Waals surface area contributed by atoms with Crippen LogP contribution in [0, 0.1) is 11.3 Å². The first-order valence-corrected chi connectivity index (χ1v) is 6.66. The number of carbonyl (C=O) groups is 1. The van der Waals surface area contributed by atoms with Gasteiger partial charge in [0, 0.05) is 46.1 Å². The maximum absolute atomic E-state index is 11.4. The fourth-order valence-corrected chi connectivity index (χ4v) is 2.09. The summed E-state index contributed by atoms with van der Waals surface area (Å²) >= 11 is 0. The number of unbranched alkanes of at least 4 members (excludes halogenated alkanes) is 1. The Labute approximate surface area is 109 Å². The Morgan fingerprint density at radius 1 is 1.33 bits per heavy atom. The van der Waals surface area contributed by atoms with Gasteiger partial charge in [0.15, 0.2) is 0 Å². The summed E-state index contributed by atoms with van der Waals surface area (Å²) < 4.78 is 5.29. The van der Waals surface area contributed by atoms with Gasteiger partial charge in [-0.15, -0.1) is 0 Å². The highest BCUT2D eigenvalue weighted by molar-refractivity contribution is 5.73. The van der Waals surface area contributed by atoms with Crippen molar-refractivity contribution in [2.24, 2.45) is 0 Å².